The average Bonchev–Trinajstić information content (AvgIpc) is 3.31. The van der Waals surface area contributed by atoms with Gasteiger partial charge >= 0.3 is 6.18 Å². The van der Waals surface area contributed by atoms with Crippen LogP contribution in [0, 0.1) is 0 Å². The maximum Gasteiger partial charge on any atom is 0.421 e. The van der Waals surface area contributed by atoms with Gasteiger partial charge in [0.05, 0.1) is 11.4 Å². The largest absolute Gasteiger partial charge is 0.421 e. The molecule has 0 unspecified atom stereocenters. The lowest BCUT2D eigenvalue weighted by atomic mass is 9.99. The molecule has 0 bridgehead atoms. The van der Waals surface area contributed by atoms with Crippen LogP contribution < -0.4 is 16.0 Å². The fourth-order valence-corrected chi connectivity index (χ4v) is 4.89. The van der Waals surface area contributed by atoms with Crippen LogP contribution in [0.1, 0.15) is 17.5 Å². The zero-order valence-corrected chi connectivity index (χ0v) is 20.9. The van der Waals surface area contributed by atoms with Crippen molar-refractivity contribution in [1.82, 2.24) is 14.3 Å². The van der Waals surface area contributed by atoms with Crippen LogP contribution >= 0.6 is 0 Å². The van der Waals surface area contributed by atoms with Crippen LogP contribution in [0.15, 0.2) is 72.8 Å². The van der Waals surface area contributed by atoms with E-state index in [1.807, 2.05) is 18.2 Å². The minimum absolute atomic E-state index is 0.0896. The van der Waals surface area contributed by atoms with Gasteiger partial charge in [-0.05, 0) is 42.2 Å². The molecule has 3 N–H and O–H groups in total. The summed E-state index contributed by atoms with van der Waals surface area (Å²) in [5.74, 6) is -1.18. The third-order valence-corrected chi connectivity index (χ3v) is 7.43. The molecule has 0 spiro atoms. The summed E-state index contributed by atoms with van der Waals surface area (Å²) < 4.78 is 66.7. The first-order valence-electron chi connectivity index (χ1n) is 11.5. The SMILES string of the molecule is C=CC(=O)Nc1cc(CC2=CC=C2)ccc1Nc1nc(N[C@@H]2CCN(S(=O)(=O)C=C)C2)ncc1C(F)(F)F. The van der Waals surface area contributed by atoms with E-state index in [4.69, 9.17) is 0 Å². The van der Waals surface area contributed by atoms with Gasteiger partial charge in [0.15, 0.2) is 0 Å². The predicted octanol–water partition coefficient (Wildman–Crippen LogP) is 4.36. The van der Waals surface area contributed by atoms with E-state index in [-0.39, 0.29) is 30.4 Å². The Morgan fingerprint density at radius 1 is 1.24 bits per heavy atom. The summed E-state index contributed by atoms with van der Waals surface area (Å²) in [4.78, 5) is 19.9. The van der Waals surface area contributed by atoms with Crippen molar-refractivity contribution in [3.05, 3.63) is 84.0 Å². The lowest BCUT2D eigenvalue weighted by Crippen LogP contribution is -2.30. The second-order valence-corrected chi connectivity index (χ2v) is 10.5. The average molecular weight is 547 g/mol. The van der Waals surface area contributed by atoms with E-state index in [1.54, 1.807) is 18.2 Å². The highest BCUT2D eigenvalue weighted by Crippen LogP contribution is 2.37. The van der Waals surface area contributed by atoms with Crippen molar-refractivity contribution < 1.29 is 26.4 Å². The number of allylic oxidation sites excluding steroid dienone is 4. The zero-order valence-electron chi connectivity index (χ0n) is 20.1. The van der Waals surface area contributed by atoms with Crippen LogP contribution in [0.25, 0.3) is 0 Å². The van der Waals surface area contributed by atoms with Crippen LogP contribution in [-0.2, 0) is 27.4 Å². The lowest BCUT2D eigenvalue weighted by Gasteiger charge is -2.19. The second kappa shape index (κ2) is 10.8. The Balaban J connectivity index is 1.62. The highest BCUT2D eigenvalue weighted by molar-refractivity contribution is 7.92. The van der Waals surface area contributed by atoms with Crippen molar-refractivity contribution in [2.45, 2.75) is 25.1 Å². The summed E-state index contributed by atoms with van der Waals surface area (Å²) in [6, 6.07) is 4.55. The number of hydrogen-bond donors (Lipinski definition) is 3. The number of halogens is 3. The molecule has 2 heterocycles. The van der Waals surface area contributed by atoms with E-state index < -0.39 is 39.5 Å². The van der Waals surface area contributed by atoms with Crippen molar-refractivity contribution in [3.8, 4) is 0 Å². The van der Waals surface area contributed by atoms with Gasteiger partial charge in [-0.25, -0.2) is 13.4 Å². The van der Waals surface area contributed by atoms with Crippen molar-refractivity contribution in [2.75, 3.05) is 29.0 Å². The van der Waals surface area contributed by atoms with E-state index in [0.29, 0.717) is 19.0 Å². The third-order valence-electron chi connectivity index (χ3n) is 5.96. The zero-order chi connectivity index (χ0) is 27.5. The van der Waals surface area contributed by atoms with Gasteiger partial charge in [0.25, 0.3) is 0 Å². The van der Waals surface area contributed by atoms with E-state index in [9.17, 15) is 26.4 Å². The standard InChI is InChI=1S/C25H25F3N6O3S/c1-3-22(35)31-21-13-17(12-16-6-5-7-16)8-9-20(21)32-23-19(25(26,27)28)14-29-24(33-23)30-18-10-11-34(15-18)38(36,37)4-2/h3-9,13-14,18H,1-2,10-12,15H2,(H,31,35)(H2,29,30,32,33)/t18-/m1/s1. The highest BCUT2D eigenvalue weighted by atomic mass is 32.2. The van der Waals surface area contributed by atoms with Crippen molar-refractivity contribution in [3.63, 3.8) is 0 Å². The van der Waals surface area contributed by atoms with Crippen LogP contribution in [0.5, 0.6) is 0 Å². The molecule has 1 aromatic heterocycles. The topological polar surface area (TPSA) is 116 Å². The van der Waals surface area contributed by atoms with Gasteiger partial charge in [-0.15, -0.1) is 0 Å². The Morgan fingerprint density at radius 2 is 2.00 bits per heavy atom. The molecule has 0 radical (unpaired) electrons. The molecule has 9 nitrogen and oxygen atoms in total. The number of anilines is 4. The molecule has 1 atom stereocenters. The molecule has 1 aliphatic heterocycles. The van der Waals surface area contributed by atoms with Crippen molar-refractivity contribution in [1.29, 1.82) is 0 Å². The number of benzene rings is 1. The van der Waals surface area contributed by atoms with E-state index in [2.05, 4.69) is 39.1 Å². The monoisotopic (exact) mass is 546 g/mol. The van der Waals surface area contributed by atoms with Gasteiger partial charge in [0.2, 0.25) is 21.9 Å². The van der Waals surface area contributed by atoms with E-state index in [1.165, 1.54) is 4.31 Å². The molecule has 1 aliphatic carbocycles. The molecule has 4 rings (SSSR count). The van der Waals surface area contributed by atoms with Gasteiger partial charge in [0, 0.05) is 30.7 Å². The van der Waals surface area contributed by atoms with Crippen LogP contribution in [-0.4, -0.2) is 47.7 Å². The molecule has 2 aliphatic rings. The number of carbonyl (C=O) groups is 1. The first-order chi connectivity index (χ1) is 18.0. The fraction of sp³-hybridized carbons (Fsp3) is 0.240. The number of sulfonamides is 1. The normalized spacial score (nSPS) is 17.3. The Labute approximate surface area is 217 Å². The van der Waals surface area contributed by atoms with Gasteiger partial charge < -0.3 is 16.0 Å². The maximum atomic E-state index is 13.8. The number of alkyl halides is 3. The minimum Gasteiger partial charge on any atom is -0.350 e. The molecule has 38 heavy (non-hydrogen) atoms. The molecular weight excluding hydrogens is 521 g/mol. The van der Waals surface area contributed by atoms with Gasteiger partial charge in [0.1, 0.15) is 11.4 Å². The quantitative estimate of drug-likeness (QED) is 0.379. The predicted molar refractivity (Wildman–Crippen MR) is 139 cm³/mol. The van der Waals surface area contributed by atoms with Gasteiger partial charge in [-0.2, -0.15) is 22.5 Å². The van der Waals surface area contributed by atoms with Crippen LogP contribution in [0.3, 0.4) is 0 Å². The summed E-state index contributed by atoms with van der Waals surface area (Å²) >= 11 is 0. The molecule has 13 heteroatoms. The summed E-state index contributed by atoms with van der Waals surface area (Å²) in [6.45, 7) is 7.04. The number of nitrogens with zero attached hydrogens (tertiary/aromatic N) is 3. The number of carbonyl (C=O) groups excluding carboxylic acids is 1. The number of hydrogen-bond acceptors (Lipinski definition) is 7. The Kier molecular flexibility index (Phi) is 7.69. The molecular formula is C25H25F3N6O3S. The molecule has 2 aromatic rings. The summed E-state index contributed by atoms with van der Waals surface area (Å²) in [6.07, 6.45) is 3.71. The Hall–Kier alpha value is -3.97. The summed E-state index contributed by atoms with van der Waals surface area (Å²) in [5, 5.41) is 9.06. The highest BCUT2D eigenvalue weighted by Gasteiger charge is 2.36. The molecule has 1 fully saturated rings. The molecule has 1 amide bonds. The number of rotatable bonds is 10. The second-order valence-electron chi connectivity index (χ2n) is 8.63. The molecule has 1 aromatic carbocycles. The first-order valence-corrected chi connectivity index (χ1v) is 13.0. The Morgan fingerprint density at radius 3 is 2.63 bits per heavy atom. The molecule has 200 valence electrons. The molecule has 1 saturated heterocycles. The van der Waals surface area contributed by atoms with Gasteiger partial charge in [-0.1, -0.05) is 37.5 Å². The summed E-state index contributed by atoms with van der Waals surface area (Å²) in [5.41, 5.74) is 1.23. The van der Waals surface area contributed by atoms with Gasteiger partial charge in [-0.3, -0.25) is 4.79 Å². The van der Waals surface area contributed by atoms with E-state index in [0.717, 1.165) is 22.6 Å². The van der Waals surface area contributed by atoms with E-state index >= 15 is 0 Å². The maximum absolute atomic E-state index is 13.8. The summed E-state index contributed by atoms with van der Waals surface area (Å²) in [7, 11) is -3.62. The Bertz CT molecular complexity index is 1440. The number of nitrogens with one attached hydrogen (secondary N) is 3. The molecule has 0 saturated carbocycles. The number of amides is 1. The first kappa shape index (κ1) is 27.1. The fourth-order valence-electron chi connectivity index (χ4n) is 3.93. The van der Waals surface area contributed by atoms with Crippen molar-refractivity contribution >= 4 is 39.1 Å². The van der Waals surface area contributed by atoms with Crippen LogP contribution in [0.4, 0.5) is 36.3 Å². The number of aromatic nitrogens is 2. The van der Waals surface area contributed by atoms with Crippen LogP contribution in [0.2, 0.25) is 0 Å². The smallest absolute Gasteiger partial charge is 0.350 e. The lowest BCUT2D eigenvalue weighted by molar-refractivity contribution is -0.137. The minimum atomic E-state index is -4.77. The third kappa shape index (κ3) is 6.29. The van der Waals surface area contributed by atoms with Crippen molar-refractivity contribution in [2.24, 2.45) is 0 Å².